The number of rotatable bonds is 4. The molecule has 21 heavy (non-hydrogen) atoms. The molecule has 3 rings (SSSR count). The summed E-state index contributed by atoms with van der Waals surface area (Å²) >= 11 is 1.61. The van der Waals surface area contributed by atoms with Gasteiger partial charge in [-0.1, -0.05) is 6.42 Å². The zero-order valence-corrected chi connectivity index (χ0v) is 13.6. The topological polar surface area (TPSA) is 45.2 Å². The normalized spacial score (nSPS) is 26.3. The molecule has 0 unspecified atom stereocenters. The molecule has 0 radical (unpaired) electrons. The zero-order chi connectivity index (χ0) is 14.7. The van der Waals surface area contributed by atoms with Crippen LogP contribution in [0.5, 0.6) is 0 Å². The lowest BCUT2D eigenvalue weighted by Crippen LogP contribution is -2.51. The van der Waals surface area contributed by atoms with Crippen LogP contribution in [-0.4, -0.2) is 41.5 Å². The van der Waals surface area contributed by atoms with Gasteiger partial charge in [0.15, 0.2) is 0 Å². The summed E-state index contributed by atoms with van der Waals surface area (Å²) in [5, 5.41) is 6.16. The standard InChI is InChI=1S/C16H25N3OS/c1-12-18-14(11-21-12)9-16(20)17-10-13-5-4-8-19-7-3-2-6-15(13)19/h11,13,15H,2-10H2,1H3,(H,17,20)/t13-,15+/m1/s1. The molecule has 2 atom stereocenters. The minimum absolute atomic E-state index is 0.119. The van der Waals surface area contributed by atoms with Crippen LogP contribution < -0.4 is 5.32 Å². The van der Waals surface area contributed by atoms with Crippen molar-refractivity contribution in [3.05, 3.63) is 16.1 Å². The van der Waals surface area contributed by atoms with E-state index in [9.17, 15) is 4.79 Å². The SMILES string of the molecule is Cc1nc(CC(=O)NC[C@H]2CCCN3CCCC[C@@H]23)cs1. The molecule has 0 saturated carbocycles. The Morgan fingerprint density at radius 2 is 2.24 bits per heavy atom. The van der Waals surface area contributed by atoms with E-state index in [1.165, 1.54) is 45.2 Å². The number of fused-ring (bicyclic) bond motifs is 1. The number of piperidine rings is 2. The molecule has 2 saturated heterocycles. The summed E-state index contributed by atoms with van der Waals surface area (Å²) in [6.07, 6.45) is 6.97. The number of thiazole rings is 1. The molecule has 2 aliphatic rings. The molecule has 1 amide bonds. The lowest BCUT2D eigenvalue weighted by atomic mass is 9.83. The number of amides is 1. The van der Waals surface area contributed by atoms with Crippen LogP contribution in [-0.2, 0) is 11.2 Å². The fraction of sp³-hybridized carbons (Fsp3) is 0.750. The second-order valence-corrected chi connectivity index (χ2v) is 7.40. The van der Waals surface area contributed by atoms with Gasteiger partial charge in [0.25, 0.3) is 0 Å². The molecule has 5 heteroatoms. The molecule has 0 bridgehead atoms. The fourth-order valence-corrected chi connectivity index (χ4v) is 4.39. The highest BCUT2D eigenvalue weighted by Crippen LogP contribution is 2.30. The van der Waals surface area contributed by atoms with E-state index in [2.05, 4.69) is 15.2 Å². The van der Waals surface area contributed by atoms with Gasteiger partial charge in [0, 0.05) is 18.0 Å². The minimum Gasteiger partial charge on any atom is -0.355 e. The Hall–Kier alpha value is -0.940. The number of aromatic nitrogens is 1. The first-order valence-electron chi connectivity index (χ1n) is 8.14. The summed E-state index contributed by atoms with van der Waals surface area (Å²) in [4.78, 5) is 19.1. The van der Waals surface area contributed by atoms with E-state index < -0.39 is 0 Å². The molecule has 3 heterocycles. The van der Waals surface area contributed by atoms with E-state index in [0.29, 0.717) is 18.4 Å². The Morgan fingerprint density at radius 3 is 3.05 bits per heavy atom. The molecule has 4 nitrogen and oxygen atoms in total. The van der Waals surface area contributed by atoms with Crippen molar-refractivity contribution in [2.24, 2.45) is 5.92 Å². The molecule has 1 N–H and O–H groups in total. The first kappa shape index (κ1) is 15.0. The fourth-order valence-electron chi connectivity index (χ4n) is 3.78. The summed E-state index contributed by atoms with van der Waals surface area (Å²) in [5.41, 5.74) is 0.901. The third-order valence-corrected chi connectivity index (χ3v) is 5.62. The van der Waals surface area contributed by atoms with Crippen molar-refractivity contribution >= 4 is 17.2 Å². The van der Waals surface area contributed by atoms with Crippen molar-refractivity contribution in [1.82, 2.24) is 15.2 Å². The Kier molecular flexibility index (Phi) is 4.91. The van der Waals surface area contributed by atoms with Crippen molar-refractivity contribution < 1.29 is 4.79 Å². The van der Waals surface area contributed by atoms with Gasteiger partial charge in [-0.3, -0.25) is 4.79 Å². The van der Waals surface area contributed by atoms with E-state index in [1.807, 2.05) is 12.3 Å². The van der Waals surface area contributed by atoms with Gasteiger partial charge in [0.1, 0.15) is 0 Å². The quantitative estimate of drug-likeness (QED) is 0.929. The zero-order valence-electron chi connectivity index (χ0n) is 12.8. The van der Waals surface area contributed by atoms with Crippen LogP contribution in [0.4, 0.5) is 0 Å². The highest BCUT2D eigenvalue weighted by Gasteiger charge is 2.32. The van der Waals surface area contributed by atoms with Crippen LogP contribution in [0.25, 0.3) is 0 Å². The Balaban J connectivity index is 1.48. The van der Waals surface area contributed by atoms with Crippen LogP contribution in [0.3, 0.4) is 0 Å². The number of hydrogen-bond acceptors (Lipinski definition) is 4. The number of carbonyl (C=O) groups excluding carboxylic acids is 1. The largest absolute Gasteiger partial charge is 0.355 e. The van der Waals surface area contributed by atoms with Crippen molar-refractivity contribution in [3.63, 3.8) is 0 Å². The second kappa shape index (κ2) is 6.88. The Bertz CT molecular complexity index is 486. The van der Waals surface area contributed by atoms with Gasteiger partial charge in [0.2, 0.25) is 5.91 Å². The lowest BCUT2D eigenvalue weighted by molar-refractivity contribution is -0.120. The summed E-state index contributed by atoms with van der Waals surface area (Å²) < 4.78 is 0. The number of nitrogens with zero attached hydrogens (tertiary/aromatic N) is 2. The minimum atomic E-state index is 0.119. The molecule has 1 aromatic rings. The smallest absolute Gasteiger partial charge is 0.226 e. The van der Waals surface area contributed by atoms with Crippen LogP contribution in [0.1, 0.15) is 42.8 Å². The summed E-state index contributed by atoms with van der Waals surface area (Å²) in [5.74, 6) is 0.758. The molecule has 0 spiro atoms. The van der Waals surface area contributed by atoms with E-state index in [0.717, 1.165) is 17.2 Å². The van der Waals surface area contributed by atoms with E-state index in [4.69, 9.17) is 0 Å². The highest BCUT2D eigenvalue weighted by atomic mass is 32.1. The van der Waals surface area contributed by atoms with Gasteiger partial charge in [-0.05, 0) is 51.6 Å². The monoisotopic (exact) mass is 307 g/mol. The average Bonchev–Trinajstić information content (AvgIpc) is 2.90. The van der Waals surface area contributed by atoms with Gasteiger partial charge in [-0.25, -0.2) is 4.98 Å². The maximum atomic E-state index is 12.1. The molecule has 2 fully saturated rings. The predicted octanol–water partition coefficient (Wildman–Crippen LogP) is 2.37. The molecule has 1 aromatic heterocycles. The van der Waals surface area contributed by atoms with Crippen molar-refractivity contribution in [2.75, 3.05) is 19.6 Å². The summed E-state index contributed by atoms with van der Waals surface area (Å²) in [6.45, 7) is 5.33. The average molecular weight is 307 g/mol. The predicted molar refractivity (Wildman–Crippen MR) is 85.5 cm³/mol. The van der Waals surface area contributed by atoms with Gasteiger partial charge < -0.3 is 10.2 Å². The third-order valence-electron chi connectivity index (χ3n) is 4.80. The van der Waals surface area contributed by atoms with Crippen molar-refractivity contribution in [1.29, 1.82) is 0 Å². The van der Waals surface area contributed by atoms with E-state index >= 15 is 0 Å². The molecular formula is C16H25N3OS. The molecule has 0 aliphatic carbocycles. The van der Waals surface area contributed by atoms with Crippen LogP contribution in [0, 0.1) is 12.8 Å². The van der Waals surface area contributed by atoms with Crippen LogP contribution in [0.2, 0.25) is 0 Å². The number of aryl methyl sites for hydroxylation is 1. The van der Waals surface area contributed by atoms with Gasteiger partial charge in [0.05, 0.1) is 17.1 Å². The number of nitrogens with one attached hydrogen (secondary N) is 1. The molecule has 0 aromatic carbocycles. The van der Waals surface area contributed by atoms with Gasteiger partial charge >= 0.3 is 0 Å². The maximum Gasteiger partial charge on any atom is 0.226 e. The van der Waals surface area contributed by atoms with Gasteiger partial charge in [-0.2, -0.15) is 0 Å². The maximum absolute atomic E-state index is 12.1. The first-order valence-corrected chi connectivity index (χ1v) is 9.02. The van der Waals surface area contributed by atoms with Crippen LogP contribution in [0.15, 0.2) is 5.38 Å². The van der Waals surface area contributed by atoms with Crippen LogP contribution >= 0.6 is 11.3 Å². The summed E-state index contributed by atoms with van der Waals surface area (Å²) in [6, 6.07) is 0.703. The highest BCUT2D eigenvalue weighted by molar-refractivity contribution is 7.09. The summed E-state index contributed by atoms with van der Waals surface area (Å²) in [7, 11) is 0. The van der Waals surface area contributed by atoms with Crippen molar-refractivity contribution in [3.8, 4) is 0 Å². The lowest BCUT2D eigenvalue weighted by Gasteiger charge is -2.44. The number of carbonyl (C=O) groups is 1. The molecule has 116 valence electrons. The number of hydrogen-bond donors (Lipinski definition) is 1. The first-order chi connectivity index (χ1) is 10.2. The Labute approximate surface area is 130 Å². The van der Waals surface area contributed by atoms with E-state index in [1.54, 1.807) is 11.3 Å². The Morgan fingerprint density at radius 1 is 1.38 bits per heavy atom. The van der Waals surface area contributed by atoms with Crippen molar-refractivity contribution in [2.45, 2.75) is 51.5 Å². The second-order valence-electron chi connectivity index (χ2n) is 6.34. The molecular weight excluding hydrogens is 282 g/mol. The van der Waals surface area contributed by atoms with Gasteiger partial charge in [-0.15, -0.1) is 11.3 Å². The molecule has 2 aliphatic heterocycles. The van der Waals surface area contributed by atoms with E-state index in [-0.39, 0.29) is 5.91 Å². The third kappa shape index (κ3) is 3.83.